The van der Waals surface area contributed by atoms with Crippen LogP contribution in [0.5, 0.6) is 5.75 Å². The minimum absolute atomic E-state index is 0.0293. The molecule has 0 aromatic heterocycles. The number of ether oxygens (including phenoxy) is 1. The number of benzene rings is 1. The summed E-state index contributed by atoms with van der Waals surface area (Å²) in [6.07, 6.45) is 0. The van der Waals surface area contributed by atoms with E-state index in [1.54, 1.807) is 0 Å². The van der Waals surface area contributed by atoms with Crippen LogP contribution in [0.2, 0.25) is 5.02 Å². The van der Waals surface area contributed by atoms with Crippen molar-refractivity contribution in [2.24, 2.45) is 0 Å². The van der Waals surface area contributed by atoms with Crippen LogP contribution in [0.25, 0.3) is 0 Å². The normalized spacial score (nSPS) is 9.27. The lowest BCUT2D eigenvalue weighted by atomic mass is 10.3. The fourth-order valence-electron chi connectivity index (χ4n) is 0.627. The molecule has 0 N–H and O–H groups in total. The van der Waals surface area contributed by atoms with Gasteiger partial charge in [-0.2, -0.15) is 0 Å². The number of rotatable bonds is 2. The van der Waals surface area contributed by atoms with E-state index in [2.05, 4.69) is 4.74 Å². The van der Waals surface area contributed by atoms with Gasteiger partial charge in [0.25, 0.3) is 6.47 Å². The molecule has 0 spiro atoms. The van der Waals surface area contributed by atoms with Crippen molar-refractivity contribution in [3.8, 4) is 5.75 Å². The molecule has 4 heteroatoms. The van der Waals surface area contributed by atoms with Gasteiger partial charge in [-0.3, -0.25) is 4.79 Å². The summed E-state index contributed by atoms with van der Waals surface area (Å²) in [7, 11) is 0. The highest BCUT2D eigenvalue weighted by molar-refractivity contribution is 6.32. The first kappa shape index (κ1) is 8.01. The standard InChI is InChI=1S/C7H4ClFO2/c8-7-5(9)2-1-3-6(7)11-4-10/h1-4H. The summed E-state index contributed by atoms with van der Waals surface area (Å²) in [6.45, 7) is 0.195. The summed E-state index contributed by atoms with van der Waals surface area (Å²) in [5, 5.41) is -0.181. The highest BCUT2D eigenvalue weighted by atomic mass is 35.5. The first-order valence-corrected chi connectivity index (χ1v) is 3.18. The molecule has 0 aliphatic heterocycles. The summed E-state index contributed by atoms with van der Waals surface area (Å²) < 4.78 is 16.9. The van der Waals surface area contributed by atoms with Crippen LogP contribution < -0.4 is 4.74 Å². The predicted molar refractivity (Wildman–Crippen MR) is 38.1 cm³/mol. The fourth-order valence-corrected chi connectivity index (χ4v) is 0.797. The zero-order chi connectivity index (χ0) is 8.27. The molecule has 1 aromatic carbocycles. The molecule has 0 atom stereocenters. The Morgan fingerprint density at radius 2 is 2.27 bits per heavy atom. The summed E-state index contributed by atoms with van der Waals surface area (Å²) in [5.41, 5.74) is 0. The maximum absolute atomic E-state index is 12.6. The van der Waals surface area contributed by atoms with Gasteiger partial charge in [0.2, 0.25) is 0 Å². The summed E-state index contributed by atoms with van der Waals surface area (Å²) in [4.78, 5) is 9.83. The Kier molecular flexibility index (Phi) is 2.44. The van der Waals surface area contributed by atoms with E-state index in [0.717, 1.165) is 0 Å². The van der Waals surface area contributed by atoms with Crippen LogP contribution in [-0.4, -0.2) is 6.47 Å². The van der Waals surface area contributed by atoms with E-state index < -0.39 is 5.82 Å². The third kappa shape index (κ3) is 1.68. The van der Waals surface area contributed by atoms with Gasteiger partial charge in [0.05, 0.1) is 0 Å². The van der Waals surface area contributed by atoms with Gasteiger partial charge in [-0.15, -0.1) is 0 Å². The molecule has 0 aliphatic rings. The number of carbonyl (C=O) groups is 1. The third-order valence-electron chi connectivity index (χ3n) is 1.09. The zero-order valence-corrected chi connectivity index (χ0v) is 6.14. The number of halogens is 2. The van der Waals surface area contributed by atoms with Crippen LogP contribution in [0.3, 0.4) is 0 Å². The lowest BCUT2D eigenvalue weighted by Crippen LogP contribution is -1.90. The van der Waals surface area contributed by atoms with Crippen molar-refractivity contribution in [2.75, 3.05) is 0 Å². The van der Waals surface area contributed by atoms with Crippen molar-refractivity contribution in [3.05, 3.63) is 29.0 Å². The SMILES string of the molecule is O=COc1cccc(F)c1Cl. The lowest BCUT2D eigenvalue weighted by molar-refractivity contribution is -0.120. The molecule has 0 unspecified atom stereocenters. The number of hydrogen-bond donors (Lipinski definition) is 0. The molecule has 2 nitrogen and oxygen atoms in total. The van der Waals surface area contributed by atoms with E-state index in [9.17, 15) is 9.18 Å². The van der Waals surface area contributed by atoms with Gasteiger partial charge in [0.1, 0.15) is 10.8 Å². The Labute approximate surface area is 67.5 Å². The van der Waals surface area contributed by atoms with E-state index in [1.165, 1.54) is 18.2 Å². The van der Waals surface area contributed by atoms with Crippen LogP contribution in [0.1, 0.15) is 0 Å². The molecule has 0 aliphatic carbocycles. The monoisotopic (exact) mass is 174 g/mol. The Morgan fingerprint density at radius 1 is 1.55 bits per heavy atom. The van der Waals surface area contributed by atoms with Gasteiger partial charge in [-0.25, -0.2) is 4.39 Å². The van der Waals surface area contributed by atoms with E-state index in [1.807, 2.05) is 0 Å². The van der Waals surface area contributed by atoms with Crippen molar-refractivity contribution in [1.82, 2.24) is 0 Å². The molecule has 0 saturated heterocycles. The minimum Gasteiger partial charge on any atom is -0.427 e. The molecule has 0 heterocycles. The molecule has 58 valence electrons. The van der Waals surface area contributed by atoms with Crippen LogP contribution in [0.4, 0.5) is 4.39 Å². The largest absolute Gasteiger partial charge is 0.427 e. The van der Waals surface area contributed by atoms with Gasteiger partial charge in [0.15, 0.2) is 5.75 Å². The van der Waals surface area contributed by atoms with Gasteiger partial charge in [-0.1, -0.05) is 17.7 Å². The van der Waals surface area contributed by atoms with E-state index in [0.29, 0.717) is 0 Å². The average molecular weight is 175 g/mol. The third-order valence-corrected chi connectivity index (χ3v) is 1.46. The predicted octanol–water partition coefficient (Wildman–Crippen LogP) is 2.01. The molecule has 0 amide bonds. The van der Waals surface area contributed by atoms with Crippen molar-refractivity contribution >= 4 is 18.1 Å². The van der Waals surface area contributed by atoms with Gasteiger partial charge in [-0.05, 0) is 12.1 Å². The second-order valence-electron chi connectivity index (χ2n) is 1.77. The Balaban J connectivity index is 3.05. The lowest BCUT2D eigenvalue weighted by Gasteiger charge is -1.99. The Bertz CT molecular complexity index is 275. The first-order chi connectivity index (χ1) is 5.25. The molecule has 0 bridgehead atoms. The first-order valence-electron chi connectivity index (χ1n) is 2.80. The molecule has 11 heavy (non-hydrogen) atoms. The van der Waals surface area contributed by atoms with Crippen molar-refractivity contribution in [2.45, 2.75) is 0 Å². The fraction of sp³-hybridized carbons (Fsp3) is 0. The second kappa shape index (κ2) is 3.34. The van der Waals surface area contributed by atoms with Crippen LogP contribution in [0.15, 0.2) is 18.2 Å². The van der Waals surface area contributed by atoms with Gasteiger partial charge < -0.3 is 4.74 Å². The van der Waals surface area contributed by atoms with Gasteiger partial charge in [0, 0.05) is 0 Å². The zero-order valence-electron chi connectivity index (χ0n) is 5.38. The topological polar surface area (TPSA) is 26.3 Å². The quantitative estimate of drug-likeness (QED) is 0.642. The molecule has 0 fully saturated rings. The van der Waals surface area contributed by atoms with Crippen molar-refractivity contribution in [1.29, 1.82) is 0 Å². The summed E-state index contributed by atoms with van der Waals surface area (Å²) >= 11 is 5.41. The summed E-state index contributed by atoms with van der Waals surface area (Å²) in [5.74, 6) is -0.576. The van der Waals surface area contributed by atoms with E-state index in [-0.39, 0.29) is 17.2 Å². The number of hydrogen-bond acceptors (Lipinski definition) is 2. The molecular formula is C7H4ClFO2. The molecule has 0 saturated carbocycles. The molecule has 1 rings (SSSR count). The molecule has 1 aromatic rings. The van der Waals surface area contributed by atoms with Crippen LogP contribution >= 0.6 is 11.6 Å². The second-order valence-corrected chi connectivity index (χ2v) is 2.14. The van der Waals surface area contributed by atoms with Gasteiger partial charge >= 0.3 is 0 Å². The number of carbonyl (C=O) groups excluding carboxylic acids is 1. The van der Waals surface area contributed by atoms with Crippen LogP contribution in [0, 0.1) is 5.82 Å². The minimum atomic E-state index is -0.606. The molecule has 0 radical (unpaired) electrons. The Hall–Kier alpha value is -1.09. The van der Waals surface area contributed by atoms with Crippen molar-refractivity contribution < 1.29 is 13.9 Å². The highest BCUT2D eigenvalue weighted by Crippen LogP contribution is 2.25. The summed E-state index contributed by atoms with van der Waals surface area (Å²) in [6, 6.07) is 3.99. The Morgan fingerprint density at radius 3 is 2.91 bits per heavy atom. The molecular weight excluding hydrogens is 171 g/mol. The highest BCUT2D eigenvalue weighted by Gasteiger charge is 2.05. The maximum atomic E-state index is 12.6. The van der Waals surface area contributed by atoms with E-state index in [4.69, 9.17) is 11.6 Å². The van der Waals surface area contributed by atoms with Crippen LogP contribution in [-0.2, 0) is 4.79 Å². The smallest absolute Gasteiger partial charge is 0.298 e. The van der Waals surface area contributed by atoms with Crippen molar-refractivity contribution in [3.63, 3.8) is 0 Å². The maximum Gasteiger partial charge on any atom is 0.298 e. The average Bonchev–Trinajstić information content (AvgIpc) is 1.99. The van der Waals surface area contributed by atoms with E-state index >= 15 is 0 Å².